The van der Waals surface area contributed by atoms with Gasteiger partial charge in [-0.15, -0.1) is 11.3 Å². The standard InChI is InChI=1S/C25H27N5O2S2/c1-3-16-9-7-10-17(4-2)20(16)26-19(31)15-30-23-22(28-25(34-23)29-12-5-6-13-29)21(27-24(30)32)18-11-8-14-33-18/h7-11,14H,3-6,12-13,15H2,1-2H3,(H,26,31). The second-order valence-electron chi connectivity index (χ2n) is 8.36. The summed E-state index contributed by atoms with van der Waals surface area (Å²) in [6.45, 7) is 5.96. The Balaban J connectivity index is 1.55. The van der Waals surface area contributed by atoms with Crippen molar-refractivity contribution in [2.45, 2.75) is 46.1 Å². The number of amides is 1. The molecule has 1 amide bonds. The van der Waals surface area contributed by atoms with Crippen molar-refractivity contribution in [3.63, 3.8) is 0 Å². The predicted octanol–water partition coefficient (Wildman–Crippen LogP) is 4.95. The average molecular weight is 494 g/mol. The number of nitrogens with zero attached hydrogens (tertiary/aromatic N) is 4. The highest BCUT2D eigenvalue weighted by atomic mass is 32.1. The van der Waals surface area contributed by atoms with E-state index in [-0.39, 0.29) is 12.5 Å². The number of thiophene rings is 1. The summed E-state index contributed by atoms with van der Waals surface area (Å²) >= 11 is 3.00. The highest BCUT2D eigenvalue weighted by Crippen LogP contribution is 2.35. The molecule has 1 N–H and O–H groups in total. The summed E-state index contributed by atoms with van der Waals surface area (Å²) in [6.07, 6.45) is 3.91. The fraction of sp³-hybridized carbons (Fsp3) is 0.360. The molecule has 0 aliphatic carbocycles. The number of para-hydroxylation sites is 1. The van der Waals surface area contributed by atoms with Crippen LogP contribution in [0.2, 0.25) is 0 Å². The molecule has 1 fully saturated rings. The fourth-order valence-electron chi connectivity index (χ4n) is 4.43. The number of benzene rings is 1. The van der Waals surface area contributed by atoms with Gasteiger partial charge >= 0.3 is 5.69 Å². The summed E-state index contributed by atoms with van der Waals surface area (Å²) in [5.74, 6) is -0.235. The molecule has 4 aromatic rings. The zero-order valence-electron chi connectivity index (χ0n) is 19.3. The first-order chi connectivity index (χ1) is 16.6. The van der Waals surface area contributed by atoms with Crippen LogP contribution in [0, 0.1) is 0 Å². The topological polar surface area (TPSA) is 80.1 Å². The number of hydrogen-bond acceptors (Lipinski definition) is 7. The lowest BCUT2D eigenvalue weighted by Crippen LogP contribution is -2.30. The van der Waals surface area contributed by atoms with E-state index in [1.54, 1.807) is 0 Å². The first kappa shape index (κ1) is 22.7. The number of anilines is 2. The van der Waals surface area contributed by atoms with Gasteiger partial charge in [-0.25, -0.2) is 9.78 Å². The van der Waals surface area contributed by atoms with Gasteiger partial charge in [-0.3, -0.25) is 9.36 Å². The summed E-state index contributed by atoms with van der Waals surface area (Å²) in [7, 11) is 0. The molecule has 0 saturated carbocycles. The van der Waals surface area contributed by atoms with Crippen molar-refractivity contribution >= 4 is 49.7 Å². The lowest BCUT2D eigenvalue weighted by molar-refractivity contribution is -0.116. The van der Waals surface area contributed by atoms with Crippen LogP contribution in [0.15, 0.2) is 40.5 Å². The number of nitrogens with one attached hydrogen (secondary N) is 1. The van der Waals surface area contributed by atoms with Gasteiger partial charge < -0.3 is 10.2 Å². The van der Waals surface area contributed by atoms with Crippen LogP contribution in [0.4, 0.5) is 10.8 Å². The molecule has 4 heterocycles. The third kappa shape index (κ3) is 4.25. The molecule has 0 radical (unpaired) electrons. The number of fused-ring (bicyclic) bond motifs is 1. The van der Waals surface area contributed by atoms with Gasteiger partial charge in [-0.1, -0.05) is 49.4 Å². The monoisotopic (exact) mass is 493 g/mol. The minimum absolute atomic E-state index is 0.101. The Bertz CT molecular complexity index is 1360. The zero-order valence-corrected chi connectivity index (χ0v) is 21.0. The van der Waals surface area contributed by atoms with Crippen LogP contribution >= 0.6 is 22.7 Å². The van der Waals surface area contributed by atoms with E-state index < -0.39 is 5.69 Å². The molecule has 1 aliphatic rings. The van der Waals surface area contributed by atoms with Gasteiger partial charge in [0.05, 0.1) is 4.88 Å². The number of aryl methyl sites for hydroxylation is 2. The summed E-state index contributed by atoms with van der Waals surface area (Å²) in [6, 6.07) is 9.97. The van der Waals surface area contributed by atoms with E-state index in [9.17, 15) is 9.59 Å². The van der Waals surface area contributed by atoms with Crippen LogP contribution in [0.5, 0.6) is 0 Å². The van der Waals surface area contributed by atoms with Gasteiger partial charge in [0.15, 0.2) is 5.13 Å². The van der Waals surface area contributed by atoms with Gasteiger partial charge in [0, 0.05) is 18.8 Å². The van der Waals surface area contributed by atoms with Crippen LogP contribution in [0.3, 0.4) is 0 Å². The van der Waals surface area contributed by atoms with E-state index in [1.807, 2.05) is 35.7 Å². The molecule has 0 spiro atoms. The molecule has 3 aromatic heterocycles. The molecule has 0 atom stereocenters. The molecule has 0 unspecified atom stereocenters. The van der Waals surface area contributed by atoms with Gasteiger partial charge in [0.2, 0.25) is 5.91 Å². The first-order valence-electron chi connectivity index (χ1n) is 11.7. The number of carbonyl (C=O) groups is 1. The lowest BCUT2D eigenvalue weighted by atomic mass is 10.0. The van der Waals surface area contributed by atoms with Crippen molar-refractivity contribution < 1.29 is 4.79 Å². The average Bonchev–Trinajstić information content (AvgIpc) is 3.62. The van der Waals surface area contributed by atoms with Crippen molar-refractivity contribution in [3.05, 3.63) is 57.3 Å². The van der Waals surface area contributed by atoms with Gasteiger partial charge in [-0.05, 0) is 48.3 Å². The van der Waals surface area contributed by atoms with Crippen molar-refractivity contribution in [2.75, 3.05) is 23.3 Å². The van der Waals surface area contributed by atoms with Crippen LogP contribution < -0.4 is 15.9 Å². The number of thiazole rings is 1. The van der Waals surface area contributed by atoms with E-state index >= 15 is 0 Å². The maximum absolute atomic E-state index is 13.2. The van der Waals surface area contributed by atoms with Crippen molar-refractivity contribution in [1.29, 1.82) is 0 Å². The Hall–Kier alpha value is -3.04. The van der Waals surface area contributed by atoms with Crippen molar-refractivity contribution in [2.24, 2.45) is 0 Å². The molecule has 1 saturated heterocycles. The second-order valence-corrected chi connectivity index (χ2v) is 10.3. The van der Waals surface area contributed by atoms with Crippen molar-refractivity contribution in [3.8, 4) is 10.6 Å². The van der Waals surface area contributed by atoms with E-state index in [4.69, 9.17) is 4.98 Å². The zero-order chi connectivity index (χ0) is 23.7. The molecule has 1 aliphatic heterocycles. The minimum atomic E-state index is -0.429. The largest absolute Gasteiger partial charge is 0.349 e. The maximum Gasteiger partial charge on any atom is 0.349 e. The quantitative estimate of drug-likeness (QED) is 0.394. The summed E-state index contributed by atoms with van der Waals surface area (Å²) in [5, 5.41) is 5.92. The molecule has 34 heavy (non-hydrogen) atoms. The maximum atomic E-state index is 13.2. The Morgan fingerprint density at radius 1 is 1.06 bits per heavy atom. The Kier molecular flexibility index (Phi) is 6.47. The smallest absolute Gasteiger partial charge is 0.348 e. The van der Waals surface area contributed by atoms with Crippen LogP contribution in [-0.2, 0) is 24.2 Å². The predicted molar refractivity (Wildman–Crippen MR) is 140 cm³/mol. The number of hydrogen-bond donors (Lipinski definition) is 1. The third-order valence-corrected chi connectivity index (χ3v) is 8.22. The summed E-state index contributed by atoms with van der Waals surface area (Å²) in [5.41, 5.74) is 3.88. The molecule has 9 heteroatoms. The number of carbonyl (C=O) groups excluding carboxylic acids is 1. The Morgan fingerprint density at radius 2 is 1.79 bits per heavy atom. The van der Waals surface area contributed by atoms with E-state index in [0.717, 1.165) is 65.6 Å². The number of rotatable bonds is 7. The summed E-state index contributed by atoms with van der Waals surface area (Å²) < 4.78 is 1.47. The normalized spacial score (nSPS) is 13.6. The van der Waals surface area contributed by atoms with E-state index in [1.165, 1.54) is 27.2 Å². The van der Waals surface area contributed by atoms with Gasteiger partial charge in [0.1, 0.15) is 22.6 Å². The van der Waals surface area contributed by atoms with Gasteiger partial charge in [0.25, 0.3) is 0 Å². The minimum Gasteiger partial charge on any atom is -0.348 e. The second kappa shape index (κ2) is 9.68. The Labute approximate surface area is 206 Å². The van der Waals surface area contributed by atoms with Crippen molar-refractivity contribution in [1.82, 2.24) is 14.5 Å². The molecule has 1 aromatic carbocycles. The lowest BCUT2D eigenvalue weighted by Gasteiger charge is -2.15. The molecule has 5 rings (SSSR count). The highest BCUT2D eigenvalue weighted by molar-refractivity contribution is 7.22. The Morgan fingerprint density at radius 3 is 2.44 bits per heavy atom. The van der Waals surface area contributed by atoms with E-state index in [0.29, 0.717) is 16.0 Å². The molecular weight excluding hydrogens is 466 g/mol. The third-order valence-electron chi connectivity index (χ3n) is 6.20. The van der Waals surface area contributed by atoms with Crippen LogP contribution in [-0.4, -0.2) is 33.5 Å². The number of aromatic nitrogens is 3. The van der Waals surface area contributed by atoms with Crippen LogP contribution in [0.1, 0.15) is 37.8 Å². The SMILES string of the molecule is CCc1cccc(CC)c1NC(=O)Cn1c(=O)nc(-c2cccs2)c2nc(N3CCCC3)sc21. The highest BCUT2D eigenvalue weighted by Gasteiger charge is 2.23. The molecule has 176 valence electrons. The van der Waals surface area contributed by atoms with Gasteiger partial charge in [-0.2, -0.15) is 4.98 Å². The van der Waals surface area contributed by atoms with E-state index in [2.05, 4.69) is 29.0 Å². The van der Waals surface area contributed by atoms with Crippen LogP contribution in [0.25, 0.3) is 20.9 Å². The molecule has 7 nitrogen and oxygen atoms in total. The summed E-state index contributed by atoms with van der Waals surface area (Å²) in [4.78, 5) is 39.4. The molecular formula is C25H27N5O2S2. The fourth-order valence-corrected chi connectivity index (χ4v) is 6.26. The molecule has 0 bridgehead atoms. The first-order valence-corrected chi connectivity index (χ1v) is 13.4.